The Kier molecular flexibility index (Phi) is 2.87. The molecule has 4 heteroatoms. The van der Waals surface area contributed by atoms with Crippen LogP contribution in [0.2, 0.25) is 0 Å². The smallest absolute Gasteiger partial charge is 0.125 e. The fourth-order valence-corrected chi connectivity index (χ4v) is 1.57. The molecule has 0 radical (unpaired) electrons. The molecule has 1 N–H and O–H groups in total. The van der Waals surface area contributed by atoms with Crippen molar-refractivity contribution >= 4 is 0 Å². The Labute approximate surface area is 88.9 Å². The van der Waals surface area contributed by atoms with Gasteiger partial charge in [-0.1, -0.05) is 0 Å². The van der Waals surface area contributed by atoms with E-state index in [0.29, 0.717) is 0 Å². The highest BCUT2D eigenvalue weighted by Gasteiger charge is 2.09. The minimum absolute atomic E-state index is 0.736. The van der Waals surface area contributed by atoms with Gasteiger partial charge >= 0.3 is 0 Å². The van der Waals surface area contributed by atoms with E-state index in [-0.39, 0.29) is 0 Å². The van der Waals surface area contributed by atoms with E-state index in [4.69, 9.17) is 4.42 Å². The Bertz CT molecular complexity index is 430. The summed E-state index contributed by atoms with van der Waals surface area (Å²) in [5.41, 5.74) is 2.22. The van der Waals surface area contributed by atoms with E-state index >= 15 is 0 Å². The van der Waals surface area contributed by atoms with Crippen LogP contribution in [-0.4, -0.2) is 16.8 Å². The molecule has 0 bridgehead atoms. The van der Waals surface area contributed by atoms with E-state index in [1.807, 2.05) is 30.2 Å². The minimum atomic E-state index is 0.736. The highest BCUT2D eigenvalue weighted by atomic mass is 16.3. The molecule has 0 saturated heterocycles. The van der Waals surface area contributed by atoms with Gasteiger partial charge in [0, 0.05) is 23.9 Å². The van der Waals surface area contributed by atoms with Gasteiger partial charge in [0.15, 0.2) is 0 Å². The Morgan fingerprint density at radius 1 is 1.53 bits per heavy atom. The van der Waals surface area contributed by atoms with Crippen molar-refractivity contribution in [2.75, 3.05) is 7.05 Å². The molecule has 2 rings (SSSR count). The zero-order valence-electron chi connectivity index (χ0n) is 9.03. The van der Waals surface area contributed by atoms with Gasteiger partial charge in [-0.3, -0.25) is 4.68 Å². The third-order valence-corrected chi connectivity index (χ3v) is 2.35. The highest BCUT2D eigenvalue weighted by Crippen LogP contribution is 2.24. The molecule has 0 aliphatic carbocycles. The van der Waals surface area contributed by atoms with E-state index < -0.39 is 0 Å². The molecule has 2 aromatic heterocycles. The Balaban J connectivity index is 2.31. The number of aromatic nitrogens is 2. The summed E-state index contributed by atoms with van der Waals surface area (Å²) in [5.74, 6) is 0.952. The van der Waals surface area contributed by atoms with Gasteiger partial charge in [-0.15, -0.1) is 0 Å². The van der Waals surface area contributed by atoms with Crippen LogP contribution in [0.25, 0.3) is 11.1 Å². The van der Waals surface area contributed by atoms with Crippen LogP contribution in [0.3, 0.4) is 0 Å². The standard InChI is InChI=1S/C11H15N3O/c1-3-14-8-9(6-13-14)10-4-5-15-11(10)7-12-2/h4-6,8,12H,3,7H2,1-2H3. The SMILES string of the molecule is CCn1cc(-c2ccoc2CNC)cn1. The number of nitrogens with zero attached hydrogens (tertiary/aromatic N) is 2. The quantitative estimate of drug-likeness (QED) is 0.828. The lowest BCUT2D eigenvalue weighted by Gasteiger charge is -1.98. The lowest BCUT2D eigenvalue weighted by Crippen LogP contribution is -2.04. The second-order valence-electron chi connectivity index (χ2n) is 3.37. The number of nitrogens with one attached hydrogen (secondary N) is 1. The molecule has 0 atom stereocenters. The first-order valence-corrected chi connectivity index (χ1v) is 5.09. The fraction of sp³-hybridized carbons (Fsp3) is 0.364. The van der Waals surface area contributed by atoms with E-state index in [2.05, 4.69) is 17.3 Å². The fourth-order valence-electron chi connectivity index (χ4n) is 1.57. The van der Waals surface area contributed by atoms with Crippen molar-refractivity contribution in [1.29, 1.82) is 0 Å². The van der Waals surface area contributed by atoms with Gasteiger partial charge in [0.2, 0.25) is 0 Å². The normalized spacial score (nSPS) is 10.8. The molecule has 0 unspecified atom stereocenters. The molecule has 0 aliphatic rings. The molecule has 0 saturated carbocycles. The zero-order valence-corrected chi connectivity index (χ0v) is 9.03. The Hall–Kier alpha value is -1.55. The molecule has 0 spiro atoms. The number of rotatable bonds is 4. The summed E-state index contributed by atoms with van der Waals surface area (Å²) in [5, 5.41) is 7.33. The summed E-state index contributed by atoms with van der Waals surface area (Å²) < 4.78 is 7.31. The van der Waals surface area contributed by atoms with Gasteiger partial charge in [0.05, 0.1) is 19.0 Å². The number of hydrogen-bond acceptors (Lipinski definition) is 3. The second-order valence-corrected chi connectivity index (χ2v) is 3.37. The predicted molar refractivity (Wildman–Crippen MR) is 58.4 cm³/mol. The third kappa shape index (κ3) is 1.94. The first-order valence-electron chi connectivity index (χ1n) is 5.09. The summed E-state index contributed by atoms with van der Waals surface area (Å²) in [6.07, 6.45) is 5.61. The van der Waals surface area contributed by atoms with Crippen LogP contribution in [0.1, 0.15) is 12.7 Å². The number of furan rings is 1. The molecule has 2 heterocycles. The van der Waals surface area contributed by atoms with Crippen molar-refractivity contribution < 1.29 is 4.42 Å². The van der Waals surface area contributed by atoms with Crippen LogP contribution in [0.5, 0.6) is 0 Å². The summed E-state index contributed by atoms with van der Waals surface area (Å²) in [6.45, 7) is 3.69. The Morgan fingerprint density at radius 2 is 2.40 bits per heavy atom. The minimum Gasteiger partial charge on any atom is -0.467 e. The zero-order chi connectivity index (χ0) is 10.7. The lowest BCUT2D eigenvalue weighted by atomic mass is 10.1. The van der Waals surface area contributed by atoms with Crippen LogP contribution in [-0.2, 0) is 13.1 Å². The van der Waals surface area contributed by atoms with Crippen molar-refractivity contribution in [3.63, 3.8) is 0 Å². The molecule has 2 aromatic rings. The number of hydrogen-bond donors (Lipinski definition) is 1. The van der Waals surface area contributed by atoms with E-state index in [1.165, 1.54) is 0 Å². The van der Waals surface area contributed by atoms with E-state index in [1.54, 1.807) is 6.26 Å². The molecule has 80 valence electrons. The van der Waals surface area contributed by atoms with Crippen molar-refractivity contribution in [3.8, 4) is 11.1 Å². The topological polar surface area (TPSA) is 43.0 Å². The predicted octanol–water partition coefficient (Wildman–Crippen LogP) is 1.88. The molecular formula is C11H15N3O. The second kappa shape index (κ2) is 4.31. The molecule has 0 aliphatic heterocycles. The number of aryl methyl sites for hydroxylation is 1. The van der Waals surface area contributed by atoms with Crippen LogP contribution >= 0.6 is 0 Å². The molecule has 15 heavy (non-hydrogen) atoms. The summed E-state index contributed by atoms with van der Waals surface area (Å²) in [4.78, 5) is 0. The monoisotopic (exact) mass is 205 g/mol. The first kappa shape index (κ1) is 9.98. The molecule has 0 fully saturated rings. The molecule has 0 amide bonds. The van der Waals surface area contributed by atoms with Gasteiger partial charge in [0.1, 0.15) is 5.76 Å². The van der Waals surface area contributed by atoms with Gasteiger partial charge in [0.25, 0.3) is 0 Å². The molecular weight excluding hydrogens is 190 g/mol. The lowest BCUT2D eigenvalue weighted by molar-refractivity contribution is 0.497. The summed E-state index contributed by atoms with van der Waals surface area (Å²) in [6, 6.07) is 1.98. The van der Waals surface area contributed by atoms with Crippen molar-refractivity contribution in [3.05, 3.63) is 30.5 Å². The van der Waals surface area contributed by atoms with Crippen LogP contribution < -0.4 is 5.32 Å². The van der Waals surface area contributed by atoms with Gasteiger partial charge < -0.3 is 9.73 Å². The van der Waals surface area contributed by atoms with Crippen molar-refractivity contribution in [2.45, 2.75) is 20.0 Å². The molecule has 0 aromatic carbocycles. The van der Waals surface area contributed by atoms with Gasteiger partial charge in [-0.05, 0) is 20.0 Å². The van der Waals surface area contributed by atoms with Crippen molar-refractivity contribution in [2.24, 2.45) is 0 Å². The van der Waals surface area contributed by atoms with Crippen LogP contribution in [0.15, 0.2) is 29.1 Å². The third-order valence-electron chi connectivity index (χ3n) is 2.35. The average molecular weight is 205 g/mol. The largest absolute Gasteiger partial charge is 0.467 e. The van der Waals surface area contributed by atoms with Gasteiger partial charge in [-0.25, -0.2) is 0 Å². The van der Waals surface area contributed by atoms with Crippen molar-refractivity contribution in [1.82, 2.24) is 15.1 Å². The highest BCUT2D eigenvalue weighted by molar-refractivity contribution is 5.63. The molecule has 4 nitrogen and oxygen atoms in total. The summed E-state index contributed by atoms with van der Waals surface area (Å²) >= 11 is 0. The summed E-state index contributed by atoms with van der Waals surface area (Å²) in [7, 11) is 1.90. The Morgan fingerprint density at radius 3 is 3.07 bits per heavy atom. The average Bonchev–Trinajstić information content (AvgIpc) is 2.85. The first-order chi connectivity index (χ1) is 7.35. The van der Waals surface area contributed by atoms with Gasteiger partial charge in [-0.2, -0.15) is 5.10 Å². The maximum atomic E-state index is 5.40. The van der Waals surface area contributed by atoms with E-state index in [0.717, 1.165) is 30.0 Å². The van der Waals surface area contributed by atoms with Crippen LogP contribution in [0, 0.1) is 0 Å². The van der Waals surface area contributed by atoms with Crippen LogP contribution in [0.4, 0.5) is 0 Å². The maximum Gasteiger partial charge on any atom is 0.125 e. The maximum absolute atomic E-state index is 5.40. The van der Waals surface area contributed by atoms with E-state index in [9.17, 15) is 0 Å².